The maximum absolute atomic E-state index is 13.4. The van der Waals surface area contributed by atoms with Crippen LogP contribution in [-0.2, 0) is 9.59 Å². The highest BCUT2D eigenvalue weighted by atomic mass is 16.7. The number of anilines is 2. The lowest BCUT2D eigenvalue weighted by molar-refractivity contribution is -0.137. The number of rotatable bonds is 9. The molecule has 3 aromatic carbocycles. The van der Waals surface area contributed by atoms with E-state index < -0.39 is 17.9 Å². The minimum Gasteiger partial charge on any atom is -0.481 e. The Hall–Kier alpha value is -5.06. The number of carboxylic acids is 1. The van der Waals surface area contributed by atoms with Gasteiger partial charge in [0.15, 0.2) is 11.5 Å². The average Bonchev–Trinajstić information content (AvgIpc) is 3.48. The molecule has 3 N–H and O–H groups in total. The van der Waals surface area contributed by atoms with E-state index in [-0.39, 0.29) is 30.9 Å². The minimum atomic E-state index is -1.03. The van der Waals surface area contributed by atoms with Gasteiger partial charge in [0.05, 0.1) is 23.8 Å². The molecule has 0 aromatic heterocycles. The molecule has 45 heavy (non-hydrogen) atoms. The molecular weight excluding hydrogens is 576 g/mol. The van der Waals surface area contributed by atoms with E-state index in [0.29, 0.717) is 60.1 Å². The number of carbonyl (C=O) groups is 4. The fourth-order valence-electron chi connectivity index (χ4n) is 5.79. The molecule has 1 unspecified atom stereocenters. The maximum Gasteiger partial charge on any atom is 0.305 e. The molecular formula is C34H36N4O7. The molecule has 3 aromatic rings. The van der Waals surface area contributed by atoms with E-state index in [1.807, 2.05) is 31.2 Å². The van der Waals surface area contributed by atoms with Gasteiger partial charge in [0.2, 0.25) is 12.7 Å². The van der Waals surface area contributed by atoms with Gasteiger partial charge in [-0.15, -0.1) is 0 Å². The van der Waals surface area contributed by atoms with Crippen LogP contribution in [0.3, 0.4) is 0 Å². The monoisotopic (exact) mass is 612 g/mol. The van der Waals surface area contributed by atoms with Crippen molar-refractivity contribution in [1.29, 1.82) is 0 Å². The number of amides is 3. The summed E-state index contributed by atoms with van der Waals surface area (Å²) in [5.74, 6) is -0.523. The van der Waals surface area contributed by atoms with Gasteiger partial charge < -0.3 is 35.0 Å². The number of fused-ring (bicyclic) bond motifs is 1. The van der Waals surface area contributed by atoms with Crippen LogP contribution in [-0.4, -0.2) is 66.7 Å². The number of carbonyl (C=O) groups excluding carboxylic acids is 3. The van der Waals surface area contributed by atoms with Crippen molar-refractivity contribution >= 4 is 35.1 Å². The van der Waals surface area contributed by atoms with Gasteiger partial charge in [0.25, 0.3) is 11.8 Å². The van der Waals surface area contributed by atoms with Gasteiger partial charge in [-0.1, -0.05) is 36.2 Å². The first-order chi connectivity index (χ1) is 21.7. The Kier molecular flexibility index (Phi) is 8.59. The molecule has 0 bridgehead atoms. The molecule has 1 saturated carbocycles. The van der Waals surface area contributed by atoms with E-state index >= 15 is 0 Å². The van der Waals surface area contributed by atoms with Crippen LogP contribution < -0.4 is 25.0 Å². The average molecular weight is 613 g/mol. The molecule has 2 aliphatic heterocycles. The van der Waals surface area contributed by atoms with Crippen molar-refractivity contribution in [2.45, 2.75) is 38.6 Å². The van der Waals surface area contributed by atoms with Gasteiger partial charge in [0, 0.05) is 43.2 Å². The molecule has 1 atom stereocenters. The van der Waals surface area contributed by atoms with Crippen molar-refractivity contribution in [3.8, 4) is 11.5 Å². The zero-order valence-corrected chi connectivity index (χ0v) is 25.1. The van der Waals surface area contributed by atoms with Crippen LogP contribution in [0.5, 0.6) is 11.5 Å². The summed E-state index contributed by atoms with van der Waals surface area (Å²) in [4.78, 5) is 55.2. The molecule has 2 fully saturated rings. The van der Waals surface area contributed by atoms with Gasteiger partial charge in [-0.25, -0.2) is 0 Å². The number of benzene rings is 3. The maximum atomic E-state index is 13.4. The van der Waals surface area contributed by atoms with Gasteiger partial charge >= 0.3 is 5.97 Å². The van der Waals surface area contributed by atoms with Crippen LogP contribution in [0.25, 0.3) is 0 Å². The fraction of sp³-hybridized carbons (Fsp3) is 0.353. The van der Waals surface area contributed by atoms with Gasteiger partial charge in [-0.3, -0.25) is 19.2 Å². The molecule has 2 heterocycles. The minimum absolute atomic E-state index is 0.0620. The number of nitrogens with zero attached hydrogens (tertiary/aromatic N) is 2. The Bertz CT molecular complexity index is 1610. The second-order valence-electron chi connectivity index (χ2n) is 11.7. The van der Waals surface area contributed by atoms with Gasteiger partial charge in [-0.05, 0) is 61.7 Å². The lowest BCUT2D eigenvalue weighted by atomic mass is 9.85. The Morgan fingerprint density at radius 1 is 0.889 bits per heavy atom. The predicted molar refractivity (Wildman–Crippen MR) is 167 cm³/mol. The molecule has 0 spiro atoms. The zero-order valence-electron chi connectivity index (χ0n) is 25.1. The van der Waals surface area contributed by atoms with Crippen LogP contribution in [0.4, 0.5) is 11.4 Å². The number of piperazine rings is 1. The molecule has 1 aliphatic carbocycles. The Morgan fingerprint density at radius 3 is 2.29 bits per heavy atom. The predicted octanol–water partition coefficient (Wildman–Crippen LogP) is 4.37. The van der Waals surface area contributed by atoms with Crippen LogP contribution >= 0.6 is 0 Å². The first-order valence-corrected chi connectivity index (χ1v) is 15.2. The van der Waals surface area contributed by atoms with Crippen molar-refractivity contribution in [2.24, 2.45) is 5.92 Å². The molecule has 3 amide bonds. The van der Waals surface area contributed by atoms with Crippen molar-refractivity contribution in [2.75, 3.05) is 43.2 Å². The molecule has 1 saturated heterocycles. The third kappa shape index (κ3) is 6.72. The molecule has 0 radical (unpaired) electrons. The van der Waals surface area contributed by atoms with E-state index in [0.717, 1.165) is 30.5 Å². The van der Waals surface area contributed by atoms with E-state index in [9.17, 15) is 24.3 Å². The summed E-state index contributed by atoms with van der Waals surface area (Å²) in [6, 6.07) is 17.0. The summed E-state index contributed by atoms with van der Waals surface area (Å²) in [5, 5.41) is 15.4. The Labute approximate surface area is 261 Å². The number of ether oxygens (including phenoxy) is 2. The second kappa shape index (κ2) is 12.9. The quantitative estimate of drug-likeness (QED) is 0.324. The van der Waals surface area contributed by atoms with E-state index in [2.05, 4.69) is 15.5 Å². The highest BCUT2D eigenvalue weighted by molar-refractivity contribution is 6.01. The van der Waals surface area contributed by atoms with E-state index in [1.165, 1.54) is 0 Å². The first kappa shape index (κ1) is 30.0. The van der Waals surface area contributed by atoms with Crippen molar-refractivity contribution in [3.63, 3.8) is 0 Å². The van der Waals surface area contributed by atoms with Gasteiger partial charge in [-0.2, -0.15) is 0 Å². The van der Waals surface area contributed by atoms with Crippen LogP contribution in [0, 0.1) is 12.8 Å². The summed E-state index contributed by atoms with van der Waals surface area (Å²) < 4.78 is 10.8. The Balaban J connectivity index is 1.18. The summed E-state index contributed by atoms with van der Waals surface area (Å²) in [5.41, 5.74) is 3.83. The number of aryl methyl sites for hydroxylation is 1. The highest BCUT2D eigenvalue weighted by Crippen LogP contribution is 2.34. The van der Waals surface area contributed by atoms with Crippen LogP contribution in [0.2, 0.25) is 0 Å². The van der Waals surface area contributed by atoms with Crippen molar-refractivity contribution < 1.29 is 33.8 Å². The third-order valence-corrected chi connectivity index (χ3v) is 8.68. The summed E-state index contributed by atoms with van der Waals surface area (Å²) >= 11 is 0. The van der Waals surface area contributed by atoms with E-state index in [1.54, 1.807) is 41.3 Å². The van der Waals surface area contributed by atoms with Crippen molar-refractivity contribution in [1.82, 2.24) is 10.2 Å². The lowest BCUT2D eigenvalue weighted by Gasteiger charge is -2.37. The summed E-state index contributed by atoms with van der Waals surface area (Å²) in [7, 11) is 0. The second-order valence-corrected chi connectivity index (χ2v) is 11.7. The number of carboxylic acid groups (broad SMARTS) is 1. The van der Waals surface area contributed by atoms with Gasteiger partial charge in [0.1, 0.15) is 0 Å². The lowest BCUT2D eigenvalue weighted by Crippen LogP contribution is -2.49. The standard InChI is InChI=1S/C34H36N4O7/c1-21-5-7-22(8-6-21)26(19-31(39)40)35-33(42)24-9-11-28(27(17-24)36-32(41)23-3-2-4-23)37-13-15-38(16-14-37)34(43)25-10-12-29-30(18-25)45-20-44-29/h5-12,17-18,23,26H,2-4,13-16,19-20H2,1H3,(H,35,42)(H,36,41)(H,39,40). The molecule has 11 heteroatoms. The number of nitrogens with one attached hydrogen (secondary N) is 2. The van der Waals surface area contributed by atoms with Crippen LogP contribution in [0.15, 0.2) is 60.7 Å². The number of aliphatic carboxylic acids is 1. The van der Waals surface area contributed by atoms with E-state index in [4.69, 9.17) is 9.47 Å². The zero-order chi connectivity index (χ0) is 31.5. The smallest absolute Gasteiger partial charge is 0.305 e. The normalized spacial score (nSPS) is 16.5. The SMILES string of the molecule is Cc1ccc(C(CC(=O)O)NC(=O)c2ccc(N3CCN(C(=O)c4ccc5c(c4)OCO5)CC3)c(NC(=O)C3CCC3)c2)cc1. The molecule has 6 rings (SSSR count). The number of hydrogen-bond donors (Lipinski definition) is 3. The largest absolute Gasteiger partial charge is 0.481 e. The highest BCUT2D eigenvalue weighted by Gasteiger charge is 2.29. The summed E-state index contributed by atoms with van der Waals surface area (Å²) in [6.45, 7) is 4.08. The van der Waals surface area contributed by atoms with Crippen molar-refractivity contribution in [3.05, 3.63) is 82.9 Å². The molecule has 234 valence electrons. The summed E-state index contributed by atoms with van der Waals surface area (Å²) in [6.07, 6.45) is 2.40. The van der Waals surface area contributed by atoms with Crippen LogP contribution in [0.1, 0.15) is 63.6 Å². The first-order valence-electron chi connectivity index (χ1n) is 15.2. The third-order valence-electron chi connectivity index (χ3n) is 8.68. The number of hydrogen-bond acceptors (Lipinski definition) is 7. The molecule has 3 aliphatic rings. The topological polar surface area (TPSA) is 138 Å². The Morgan fingerprint density at radius 2 is 1.60 bits per heavy atom. The molecule has 11 nitrogen and oxygen atoms in total. The fourth-order valence-corrected chi connectivity index (χ4v) is 5.79.